The summed E-state index contributed by atoms with van der Waals surface area (Å²) in [4.78, 5) is 19.3. The largest absolute Gasteiger partial charge is 0.331 e. The maximum absolute atomic E-state index is 12.8. The van der Waals surface area contributed by atoms with Crippen LogP contribution in [0.2, 0.25) is 0 Å². The van der Waals surface area contributed by atoms with Crippen LogP contribution in [0.15, 0.2) is 53.1 Å². The summed E-state index contributed by atoms with van der Waals surface area (Å²) < 4.78 is 1.11. The van der Waals surface area contributed by atoms with Gasteiger partial charge >= 0.3 is 0 Å². The lowest BCUT2D eigenvalue weighted by Crippen LogP contribution is -2.35. The first-order valence-corrected chi connectivity index (χ1v) is 9.91. The number of aromatic nitrogens is 1. The van der Waals surface area contributed by atoms with E-state index in [-0.39, 0.29) is 11.9 Å². The topological polar surface area (TPSA) is 33.2 Å². The molecule has 1 unspecified atom stereocenters. The standard InChI is InChI=1S/C21H25BrN2O/c1-16(20-7-4-5-15-23-20)24(19-13-14-19)21(25)8-3-2-6-17-9-11-18(22)12-10-17/h4-5,7,9-12,15-16,19H,2-3,6,8,13-14H2,1H3. The Hall–Kier alpha value is -1.68. The molecule has 0 radical (unpaired) electrons. The number of carbonyl (C=O) groups excluding carboxylic acids is 1. The first-order valence-electron chi connectivity index (χ1n) is 9.11. The molecular formula is C21H25BrN2O. The second-order valence-corrected chi connectivity index (χ2v) is 7.71. The molecule has 0 N–H and O–H groups in total. The number of carbonyl (C=O) groups is 1. The Kier molecular flexibility index (Phi) is 6.24. The van der Waals surface area contributed by atoms with Crippen molar-refractivity contribution in [3.63, 3.8) is 0 Å². The maximum atomic E-state index is 12.8. The number of hydrogen-bond acceptors (Lipinski definition) is 2. The first-order chi connectivity index (χ1) is 12.1. The molecule has 0 aliphatic heterocycles. The molecule has 3 rings (SSSR count). The third kappa shape index (κ3) is 5.15. The van der Waals surface area contributed by atoms with Crippen molar-refractivity contribution in [3.8, 4) is 0 Å². The van der Waals surface area contributed by atoms with Crippen LogP contribution in [0.5, 0.6) is 0 Å². The van der Waals surface area contributed by atoms with Crippen molar-refractivity contribution < 1.29 is 4.79 Å². The summed E-state index contributed by atoms with van der Waals surface area (Å²) >= 11 is 3.46. The van der Waals surface area contributed by atoms with E-state index in [0.29, 0.717) is 12.5 Å². The fourth-order valence-corrected chi connectivity index (χ4v) is 3.50. The molecule has 0 bridgehead atoms. The van der Waals surface area contributed by atoms with E-state index in [9.17, 15) is 4.79 Å². The second kappa shape index (κ2) is 8.61. The van der Waals surface area contributed by atoms with Gasteiger partial charge in [-0.05, 0) is 68.9 Å². The summed E-state index contributed by atoms with van der Waals surface area (Å²) in [7, 11) is 0. The summed E-state index contributed by atoms with van der Waals surface area (Å²) in [6.45, 7) is 2.10. The molecule has 1 aliphatic rings. The van der Waals surface area contributed by atoms with Gasteiger partial charge in [0.1, 0.15) is 0 Å². The van der Waals surface area contributed by atoms with Crippen molar-refractivity contribution in [2.45, 2.75) is 57.5 Å². The molecule has 3 nitrogen and oxygen atoms in total. The van der Waals surface area contributed by atoms with E-state index in [0.717, 1.165) is 42.3 Å². The van der Waals surface area contributed by atoms with Crippen molar-refractivity contribution in [1.82, 2.24) is 9.88 Å². The molecule has 1 saturated carbocycles. The number of benzene rings is 1. The number of pyridine rings is 1. The molecule has 1 aromatic carbocycles. The van der Waals surface area contributed by atoms with Gasteiger partial charge in [-0.3, -0.25) is 9.78 Å². The minimum atomic E-state index is 0.0627. The Bertz CT molecular complexity index is 683. The predicted octanol–water partition coefficient (Wildman–Crippen LogP) is 5.31. The summed E-state index contributed by atoms with van der Waals surface area (Å²) in [6.07, 6.45) is 7.70. The van der Waals surface area contributed by atoms with Crippen molar-refractivity contribution in [2.24, 2.45) is 0 Å². The molecule has 1 aliphatic carbocycles. The van der Waals surface area contributed by atoms with Crippen LogP contribution in [0.4, 0.5) is 0 Å². The zero-order chi connectivity index (χ0) is 17.6. The number of rotatable bonds is 8. The number of nitrogens with zero attached hydrogens (tertiary/aromatic N) is 2. The molecule has 1 heterocycles. The fourth-order valence-electron chi connectivity index (χ4n) is 3.24. The van der Waals surface area contributed by atoms with E-state index in [1.54, 1.807) is 6.20 Å². The molecule has 1 fully saturated rings. The van der Waals surface area contributed by atoms with Crippen molar-refractivity contribution in [3.05, 3.63) is 64.4 Å². The van der Waals surface area contributed by atoms with Crippen LogP contribution < -0.4 is 0 Å². The number of amides is 1. The van der Waals surface area contributed by atoms with Gasteiger partial charge in [0, 0.05) is 23.1 Å². The normalized spacial score (nSPS) is 15.0. The van der Waals surface area contributed by atoms with Crippen LogP contribution in [0.25, 0.3) is 0 Å². The van der Waals surface area contributed by atoms with Gasteiger partial charge in [-0.1, -0.05) is 34.1 Å². The van der Waals surface area contributed by atoms with Crippen molar-refractivity contribution in [2.75, 3.05) is 0 Å². The third-order valence-corrected chi connectivity index (χ3v) is 5.31. The molecule has 0 spiro atoms. The summed E-state index contributed by atoms with van der Waals surface area (Å²) in [6, 6.07) is 14.8. The van der Waals surface area contributed by atoms with Crippen molar-refractivity contribution in [1.29, 1.82) is 0 Å². The SMILES string of the molecule is CC(c1ccccn1)N(C(=O)CCCCc1ccc(Br)cc1)C1CC1. The smallest absolute Gasteiger partial charge is 0.223 e. The van der Waals surface area contributed by atoms with Gasteiger partial charge in [-0.25, -0.2) is 0 Å². The van der Waals surface area contributed by atoms with Gasteiger partial charge in [-0.15, -0.1) is 0 Å². The summed E-state index contributed by atoms with van der Waals surface area (Å²) in [5, 5.41) is 0. The highest BCUT2D eigenvalue weighted by atomic mass is 79.9. The van der Waals surface area contributed by atoms with Crippen LogP contribution in [0, 0.1) is 0 Å². The van der Waals surface area contributed by atoms with E-state index < -0.39 is 0 Å². The number of unbranched alkanes of at least 4 members (excludes halogenated alkanes) is 1. The van der Waals surface area contributed by atoms with Gasteiger partial charge in [0.2, 0.25) is 5.91 Å². The van der Waals surface area contributed by atoms with Crippen LogP contribution in [0.3, 0.4) is 0 Å². The molecule has 2 aromatic rings. The Balaban J connectivity index is 1.50. The van der Waals surface area contributed by atoms with E-state index in [4.69, 9.17) is 0 Å². The fraction of sp³-hybridized carbons (Fsp3) is 0.429. The lowest BCUT2D eigenvalue weighted by Gasteiger charge is -2.29. The van der Waals surface area contributed by atoms with Crippen LogP contribution in [-0.2, 0) is 11.2 Å². The quantitative estimate of drug-likeness (QED) is 0.562. The Morgan fingerprint density at radius 3 is 2.60 bits per heavy atom. The molecule has 25 heavy (non-hydrogen) atoms. The lowest BCUT2D eigenvalue weighted by atomic mass is 10.1. The molecule has 4 heteroatoms. The first kappa shape index (κ1) is 18.1. The summed E-state index contributed by atoms with van der Waals surface area (Å²) in [5.74, 6) is 0.274. The Labute approximate surface area is 158 Å². The predicted molar refractivity (Wildman–Crippen MR) is 104 cm³/mol. The molecule has 0 saturated heterocycles. The number of halogens is 1. The van der Waals surface area contributed by atoms with Gasteiger partial charge in [0.25, 0.3) is 0 Å². The second-order valence-electron chi connectivity index (χ2n) is 6.80. The average Bonchev–Trinajstić information content (AvgIpc) is 3.46. The Morgan fingerprint density at radius 1 is 1.20 bits per heavy atom. The average molecular weight is 401 g/mol. The maximum Gasteiger partial charge on any atom is 0.223 e. The highest BCUT2D eigenvalue weighted by Gasteiger charge is 2.36. The summed E-state index contributed by atoms with van der Waals surface area (Å²) in [5.41, 5.74) is 2.31. The monoisotopic (exact) mass is 400 g/mol. The van der Waals surface area contributed by atoms with E-state index in [1.807, 2.05) is 18.2 Å². The zero-order valence-electron chi connectivity index (χ0n) is 14.7. The molecule has 1 aromatic heterocycles. The van der Waals surface area contributed by atoms with Gasteiger partial charge in [0.15, 0.2) is 0 Å². The highest BCUT2D eigenvalue weighted by Crippen LogP contribution is 2.34. The van der Waals surface area contributed by atoms with E-state index in [2.05, 4.69) is 57.0 Å². The molecule has 1 atom stereocenters. The van der Waals surface area contributed by atoms with Crippen molar-refractivity contribution >= 4 is 21.8 Å². The third-order valence-electron chi connectivity index (χ3n) is 4.78. The van der Waals surface area contributed by atoms with Gasteiger partial charge in [-0.2, -0.15) is 0 Å². The minimum absolute atomic E-state index is 0.0627. The highest BCUT2D eigenvalue weighted by molar-refractivity contribution is 9.10. The molecule has 1 amide bonds. The van der Waals surface area contributed by atoms with Gasteiger partial charge < -0.3 is 4.90 Å². The van der Waals surface area contributed by atoms with E-state index >= 15 is 0 Å². The van der Waals surface area contributed by atoms with Crippen LogP contribution in [0.1, 0.15) is 56.3 Å². The lowest BCUT2D eigenvalue weighted by molar-refractivity contribution is -0.134. The molecular weight excluding hydrogens is 376 g/mol. The van der Waals surface area contributed by atoms with Gasteiger partial charge in [0.05, 0.1) is 11.7 Å². The van der Waals surface area contributed by atoms with Crippen LogP contribution >= 0.6 is 15.9 Å². The zero-order valence-corrected chi connectivity index (χ0v) is 16.3. The molecule has 132 valence electrons. The number of aryl methyl sites for hydroxylation is 1. The van der Waals surface area contributed by atoms with E-state index in [1.165, 1.54) is 5.56 Å². The van der Waals surface area contributed by atoms with Crippen LogP contribution in [-0.4, -0.2) is 21.8 Å². The number of hydrogen-bond donors (Lipinski definition) is 0. The Morgan fingerprint density at radius 2 is 1.96 bits per heavy atom. The minimum Gasteiger partial charge on any atom is -0.331 e.